The number of nitrogens with one attached hydrogen (secondary N) is 1. The van der Waals surface area contributed by atoms with Crippen LogP contribution in [-0.2, 0) is 6.61 Å². The number of ether oxygens (including phenoxy) is 1. The van der Waals surface area contributed by atoms with E-state index < -0.39 is 0 Å². The Morgan fingerprint density at radius 3 is 2.67 bits per heavy atom. The Morgan fingerprint density at radius 1 is 1.17 bits per heavy atom. The molecule has 0 atom stereocenters. The van der Waals surface area contributed by atoms with E-state index in [2.05, 4.69) is 33.9 Å². The summed E-state index contributed by atoms with van der Waals surface area (Å²) in [4.78, 5) is 0. The monoisotopic (exact) mass is 459 g/mol. The zero-order valence-electron chi connectivity index (χ0n) is 16.7. The minimum Gasteiger partial charge on any atom is -0.488 e. The molecule has 0 amide bonds. The van der Waals surface area contributed by atoms with Gasteiger partial charge in [-0.3, -0.25) is 0 Å². The lowest BCUT2D eigenvalue weighted by molar-refractivity contribution is 0.305. The maximum absolute atomic E-state index is 9.72. The van der Waals surface area contributed by atoms with Crippen molar-refractivity contribution in [1.29, 1.82) is 5.26 Å². The third kappa shape index (κ3) is 5.53. The molecule has 0 bridgehead atoms. The van der Waals surface area contributed by atoms with Crippen LogP contribution in [0.4, 0.5) is 11.4 Å². The summed E-state index contributed by atoms with van der Waals surface area (Å²) in [6, 6.07) is 23.5. The molecule has 0 spiro atoms. The smallest absolute Gasteiger partial charge is 0.127 e. The third-order valence-electron chi connectivity index (χ3n) is 4.45. The lowest BCUT2D eigenvalue weighted by Gasteiger charge is -2.13. The molecule has 0 aliphatic heterocycles. The molecule has 4 nitrogen and oxygen atoms in total. The van der Waals surface area contributed by atoms with Gasteiger partial charge in [0.15, 0.2) is 0 Å². The predicted octanol–water partition coefficient (Wildman–Crippen LogP) is 6.45. The zero-order chi connectivity index (χ0) is 21.5. The van der Waals surface area contributed by atoms with Crippen molar-refractivity contribution in [2.45, 2.75) is 13.5 Å². The number of nitrogen functional groups attached to an aromatic ring is 1. The summed E-state index contributed by atoms with van der Waals surface area (Å²) >= 11 is 3.49. The van der Waals surface area contributed by atoms with E-state index in [1.165, 1.54) is 0 Å². The second kappa shape index (κ2) is 9.82. The van der Waals surface area contributed by atoms with Crippen molar-refractivity contribution in [3.63, 3.8) is 0 Å². The number of hydrogen-bond donors (Lipinski definition) is 2. The number of allylic oxidation sites excluding steroid dienone is 1. The molecule has 0 aliphatic carbocycles. The lowest BCUT2D eigenvalue weighted by Crippen LogP contribution is -2.04. The van der Waals surface area contributed by atoms with Crippen molar-refractivity contribution in [2.75, 3.05) is 11.1 Å². The van der Waals surface area contributed by atoms with Gasteiger partial charge in [-0.25, -0.2) is 0 Å². The molecule has 0 saturated carbocycles. The summed E-state index contributed by atoms with van der Waals surface area (Å²) in [6.45, 7) is 6.44. The van der Waals surface area contributed by atoms with Crippen LogP contribution in [0.25, 0.3) is 6.08 Å². The molecule has 0 heterocycles. The van der Waals surface area contributed by atoms with Crippen molar-refractivity contribution < 1.29 is 4.74 Å². The standard InChI is InChI=1S/C25H22BrN3O/c1-17-8-10-23(28)24(12-17)29-18(2)21(15-27)13-20-14-22(26)9-11-25(20)30-16-19-6-4-3-5-7-19/h3-14,29H,2,16,28H2,1H3/b21-13+. The summed E-state index contributed by atoms with van der Waals surface area (Å²) in [5, 5.41) is 12.9. The maximum Gasteiger partial charge on any atom is 0.127 e. The van der Waals surface area contributed by atoms with Crippen molar-refractivity contribution >= 4 is 33.4 Å². The van der Waals surface area contributed by atoms with Gasteiger partial charge in [0.1, 0.15) is 18.4 Å². The summed E-state index contributed by atoms with van der Waals surface area (Å²) in [5.74, 6) is 0.678. The number of nitrogens with zero attached hydrogens (tertiary/aromatic N) is 1. The second-order valence-electron chi connectivity index (χ2n) is 6.82. The summed E-state index contributed by atoms with van der Waals surface area (Å²) < 4.78 is 6.90. The molecule has 3 N–H and O–H groups in total. The van der Waals surface area contributed by atoms with Crippen LogP contribution in [0.3, 0.4) is 0 Å². The Morgan fingerprint density at radius 2 is 1.93 bits per heavy atom. The van der Waals surface area contributed by atoms with Gasteiger partial charge in [0, 0.05) is 15.7 Å². The average molecular weight is 460 g/mol. The highest BCUT2D eigenvalue weighted by Gasteiger charge is 2.09. The number of aryl methyl sites for hydroxylation is 1. The largest absolute Gasteiger partial charge is 0.488 e. The van der Waals surface area contributed by atoms with Gasteiger partial charge in [-0.2, -0.15) is 5.26 Å². The highest BCUT2D eigenvalue weighted by molar-refractivity contribution is 9.10. The number of hydrogen-bond acceptors (Lipinski definition) is 4. The number of halogens is 1. The molecule has 150 valence electrons. The number of benzene rings is 3. The fourth-order valence-electron chi connectivity index (χ4n) is 2.85. The predicted molar refractivity (Wildman–Crippen MR) is 127 cm³/mol. The molecule has 3 aromatic carbocycles. The minimum absolute atomic E-state index is 0.388. The molecule has 3 aromatic rings. The van der Waals surface area contributed by atoms with Gasteiger partial charge >= 0.3 is 0 Å². The first-order valence-corrected chi connectivity index (χ1v) is 10.2. The first-order valence-electron chi connectivity index (χ1n) is 9.37. The second-order valence-corrected chi connectivity index (χ2v) is 7.74. The van der Waals surface area contributed by atoms with Gasteiger partial charge in [0.2, 0.25) is 0 Å². The van der Waals surface area contributed by atoms with Gasteiger partial charge in [0.25, 0.3) is 0 Å². The number of rotatable bonds is 7. The molecule has 0 fully saturated rings. The molecular formula is C25H22BrN3O. The highest BCUT2D eigenvalue weighted by Crippen LogP contribution is 2.29. The van der Waals surface area contributed by atoms with Gasteiger partial charge in [-0.15, -0.1) is 0 Å². The number of anilines is 2. The summed E-state index contributed by atoms with van der Waals surface area (Å²) in [5.41, 5.74) is 11.1. The Kier molecular flexibility index (Phi) is 6.95. The Hall–Kier alpha value is -3.49. The van der Waals surface area contributed by atoms with Crippen LogP contribution in [0, 0.1) is 18.3 Å². The van der Waals surface area contributed by atoms with E-state index in [-0.39, 0.29) is 0 Å². The van der Waals surface area contributed by atoms with E-state index >= 15 is 0 Å². The molecule has 5 heteroatoms. The third-order valence-corrected chi connectivity index (χ3v) is 4.94. The fraction of sp³-hybridized carbons (Fsp3) is 0.0800. The van der Waals surface area contributed by atoms with Crippen molar-refractivity contribution in [3.05, 3.63) is 106 Å². The normalized spacial score (nSPS) is 10.9. The summed E-state index contributed by atoms with van der Waals surface area (Å²) in [7, 11) is 0. The van der Waals surface area contributed by atoms with E-state index in [1.807, 2.05) is 73.7 Å². The SMILES string of the molecule is C=C(Nc1cc(C)ccc1N)/C(C#N)=C/c1cc(Br)ccc1OCc1ccccc1. The minimum atomic E-state index is 0.388. The van der Waals surface area contributed by atoms with Crippen molar-refractivity contribution in [2.24, 2.45) is 0 Å². The molecule has 0 aromatic heterocycles. The van der Waals surface area contributed by atoms with Crippen LogP contribution in [0.15, 0.2) is 89.1 Å². The van der Waals surface area contributed by atoms with Crippen molar-refractivity contribution in [1.82, 2.24) is 0 Å². The Labute approximate surface area is 185 Å². The van der Waals surface area contributed by atoms with Gasteiger partial charge in [-0.05, 0) is 54.5 Å². The first-order chi connectivity index (χ1) is 14.5. The molecule has 0 radical (unpaired) electrons. The fourth-order valence-corrected chi connectivity index (χ4v) is 3.23. The topological polar surface area (TPSA) is 71.1 Å². The molecular weight excluding hydrogens is 438 g/mol. The maximum atomic E-state index is 9.72. The van der Waals surface area contributed by atoms with E-state index in [9.17, 15) is 5.26 Å². The van der Waals surface area contributed by atoms with Gasteiger partial charge in [0.05, 0.1) is 16.9 Å². The quantitative estimate of drug-likeness (QED) is 0.241. The van der Waals surface area contributed by atoms with Gasteiger partial charge in [-0.1, -0.05) is 58.9 Å². The van der Waals surface area contributed by atoms with E-state index in [0.717, 1.165) is 26.9 Å². The van der Waals surface area contributed by atoms with E-state index in [0.29, 0.717) is 29.3 Å². The Bertz CT molecular complexity index is 1130. The van der Waals surface area contributed by atoms with Crippen molar-refractivity contribution in [3.8, 4) is 11.8 Å². The van der Waals surface area contributed by atoms with Crippen LogP contribution >= 0.6 is 15.9 Å². The van der Waals surface area contributed by atoms with Gasteiger partial charge < -0.3 is 15.8 Å². The highest BCUT2D eigenvalue weighted by atomic mass is 79.9. The van der Waals surface area contributed by atoms with E-state index in [1.54, 1.807) is 6.08 Å². The molecule has 0 unspecified atom stereocenters. The molecule has 0 aliphatic rings. The average Bonchev–Trinajstić information content (AvgIpc) is 2.74. The lowest BCUT2D eigenvalue weighted by atomic mass is 10.1. The Balaban J connectivity index is 1.85. The molecule has 3 rings (SSSR count). The van der Waals surface area contributed by atoms with Crippen LogP contribution in [-0.4, -0.2) is 0 Å². The van der Waals surface area contributed by atoms with Crippen LogP contribution in [0.5, 0.6) is 5.75 Å². The van der Waals surface area contributed by atoms with Crippen LogP contribution in [0.2, 0.25) is 0 Å². The number of nitriles is 1. The molecule has 0 saturated heterocycles. The number of nitrogens with two attached hydrogens (primary N) is 1. The van der Waals surface area contributed by atoms with E-state index in [4.69, 9.17) is 10.5 Å². The summed E-state index contributed by atoms with van der Waals surface area (Å²) in [6.07, 6.45) is 1.76. The molecule has 30 heavy (non-hydrogen) atoms. The first kappa shape index (κ1) is 21.2. The zero-order valence-corrected chi connectivity index (χ0v) is 18.2. The van der Waals surface area contributed by atoms with Crippen LogP contribution < -0.4 is 15.8 Å². The van der Waals surface area contributed by atoms with Crippen LogP contribution in [0.1, 0.15) is 16.7 Å².